The molecule has 0 spiro atoms. The molecule has 1 atom stereocenters. The number of likely N-dealkylation sites (tertiary alicyclic amines) is 1. The molecular weight excluding hydrogens is 323 g/mol. The molecule has 1 aliphatic rings. The number of hydrogen-bond acceptors (Lipinski definition) is 3. The van der Waals surface area contributed by atoms with Gasteiger partial charge in [0.25, 0.3) is 5.91 Å². The molecule has 0 unspecified atom stereocenters. The molecule has 2 aromatic rings. The zero-order valence-electron chi connectivity index (χ0n) is 12.5. The summed E-state index contributed by atoms with van der Waals surface area (Å²) >= 11 is 0. The minimum atomic E-state index is -4.46. The Kier molecular flexibility index (Phi) is 4.05. The summed E-state index contributed by atoms with van der Waals surface area (Å²) in [7, 11) is 0. The van der Waals surface area contributed by atoms with Gasteiger partial charge in [0.05, 0.1) is 11.8 Å². The first kappa shape index (κ1) is 16.1. The van der Waals surface area contributed by atoms with Crippen molar-refractivity contribution in [1.82, 2.24) is 19.9 Å². The number of H-pyrrole nitrogens is 2. The smallest absolute Gasteiger partial charge is 0.356 e. The molecule has 9 heteroatoms. The number of imidazole rings is 1. The van der Waals surface area contributed by atoms with Gasteiger partial charge in [-0.1, -0.05) is 0 Å². The molecule has 3 heterocycles. The molecule has 0 bridgehead atoms. The van der Waals surface area contributed by atoms with E-state index in [0.717, 1.165) is 6.20 Å². The van der Waals surface area contributed by atoms with E-state index in [9.17, 15) is 18.0 Å². The van der Waals surface area contributed by atoms with Crippen molar-refractivity contribution in [3.8, 4) is 6.07 Å². The number of aromatic nitrogens is 3. The minimum absolute atomic E-state index is 0.240. The number of halogens is 3. The van der Waals surface area contributed by atoms with E-state index < -0.39 is 11.9 Å². The SMILES string of the molecule is N#Cc1c[nH]c(C(=O)N2CCC[C@H](c3ncc(C(F)(F)F)[nH]3)C2)c1. The van der Waals surface area contributed by atoms with Crippen LogP contribution >= 0.6 is 0 Å². The van der Waals surface area contributed by atoms with Crippen LogP contribution in [-0.2, 0) is 6.18 Å². The van der Waals surface area contributed by atoms with Crippen LogP contribution in [0.4, 0.5) is 13.2 Å². The highest BCUT2D eigenvalue weighted by atomic mass is 19.4. The average molecular weight is 337 g/mol. The van der Waals surface area contributed by atoms with Crippen molar-refractivity contribution in [3.05, 3.63) is 41.2 Å². The first-order valence-electron chi connectivity index (χ1n) is 7.38. The highest BCUT2D eigenvalue weighted by molar-refractivity contribution is 5.93. The summed E-state index contributed by atoms with van der Waals surface area (Å²) in [6, 6.07) is 3.39. The number of aromatic amines is 2. The second-order valence-electron chi connectivity index (χ2n) is 5.68. The van der Waals surface area contributed by atoms with Crippen molar-refractivity contribution in [2.24, 2.45) is 0 Å². The lowest BCUT2D eigenvalue weighted by Gasteiger charge is -2.31. The van der Waals surface area contributed by atoms with Crippen LogP contribution in [-0.4, -0.2) is 38.8 Å². The number of carbonyl (C=O) groups excluding carboxylic acids is 1. The van der Waals surface area contributed by atoms with Gasteiger partial charge in [-0.3, -0.25) is 4.79 Å². The molecule has 1 fully saturated rings. The fraction of sp³-hybridized carbons (Fsp3) is 0.400. The van der Waals surface area contributed by atoms with Gasteiger partial charge in [0.2, 0.25) is 0 Å². The molecular formula is C15H14F3N5O. The number of alkyl halides is 3. The Morgan fingerprint density at radius 2 is 2.25 bits per heavy atom. The van der Waals surface area contributed by atoms with Crippen molar-refractivity contribution in [1.29, 1.82) is 5.26 Å². The minimum Gasteiger partial charge on any atom is -0.356 e. The Morgan fingerprint density at radius 1 is 1.46 bits per heavy atom. The van der Waals surface area contributed by atoms with E-state index in [1.54, 1.807) is 4.90 Å². The number of carbonyl (C=O) groups is 1. The van der Waals surface area contributed by atoms with Crippen LogP contribution in [0.1, 0.15) is 46.3 Å². The molecule has 0 aromatic carbocycles. The molecule has 3 rings (SSSR count). The predicted octanol–water partition coefficient (Wildman–Crippen LogP) is 2.65. The molecule has 1 saturated heterocycles. The summed E-state index contributed by atoms with van der Waals surface area (Å²) in [5, 5.41) is 8.80. The van der Waals surface area contributed by atoms with Gasteiger partial charge in [0.1, 0.15) is 23.3 Å². The summed E-state index contributed by atoms with van der Waals surface area (Å²) in [5.74, 6) is -0.308. The lowest BCUT2D eigenvalue weighted by Crippen LogP contribution is -2.39. The number of piperidine rings is 1. The normalized spacial score (nSPS) is 18.4. The summed E-state index contributed by atoms with van der Waals surface area (Å²) in [6.07, 6.45) is -0.919. The molecule has 1 amide bonds. The van der Waals surface area contributed by atoms with Crippen LogP contribution in [0.3, 0.4) is 0 Å². The number of nitrogens with one attached hydrogen (secondary N) is 2. The van der Waals surface area contributed by atoms with E-state index in [2.05, 4.69) is 15.0 Å². The maximum atomic E-state index is 12.7. The summed E-state index contributed by atoms with van der Waals surface area (Å²) in [6.45, 7) is 0.799. The average Bonchev–Trinajstić information content (AvgIpc) is 3.23. The number of hydrogen-bond donors (Lipinski definition) is 2. The van der Waals surface area contributed by atoms with E-state index in [1.807, 2.05) is 6.07 Å². The van der Waals surface area contributed by atoms with Crippen LogP contribution in [0.25, 0.3) is 0 Å². The van der Waals surface area contributed by atoms with E-state index in [1.165, 1.54) is 12.3 Å². The Labute approximate surface area is 135 Å². The number of nitrogens with zero attached hydrogens (tertiary/aromatic N) is 3. The number of nitriles is 1. The first-order chi connectivity index (χ1) is 11.4. The van der Waals surface area contributed by atoms with Gasteiger partial charge in [-0.25, -0.2) is 4.98 Å². The zero-order chi connectivity index (χ0) is 17.3. The molecule has 24 heavy (non-hydrogen) atoms. The largest absolute Gasteiger partial charge is 0.432 e. The molecule has 126 valence electrons. The van der Waals surface area contributed by atoms with Gasteiger partial charge >= 0.3 is 6.18 Å². The third kappa shape index (κ3) is 3.13. The van der Waals surface area contributed by atoms with Gasteiger partial charge in [0, 0.05) is 25.2 Å². The third-order valence-corrected chi connectivity index (χ3v) is 4.04. The molecule has 6 nitrogen and oxygen atoms in total. The number of amides is 1. The van der Waals surface area contributed by atoms with Crippen LogP contribution < -0.4 is 0 Å². The topological polar surface area (TPSA) is 88.6 Å². The van der Waals surface area contributed by atoms with Gasteiger partial charge in [-0.15, -0.1) is 0 Å². The highest BCUT2D eigenvalue weighted by Crippen LogP contribution is 2.31. The standard InChI is InChI=1S/C15H14F3N5O/c16-15(17,18)12-7-21-13(22-12)10-2-1-3-23(8-10)14(24)11-4-9(5-19)6-20-11/h4,6-7,10,20H,1-3,8H2,(H,21,22)/t10-/m0/s1. The van der Waals surface area contributed by atoms with Crippen molar-refractivity contribution in [2.75, 3.05) is 13.1 Å². The molecule has 2 N–H and O–H groups in total. The molecule has 0 aliphatic carbocycles. The van der Waals surface area contributed by atoms with Gasteiger partial charge in [-0.2, -0.15) is 18.4 Å². The molecule has 0 radical (unpaired) electrons. The lowest BCUT2D eigenvalue weighted by atomic mass is 9.97. The van der Waals surface area contributed by atoms with Crippen LogP contribution in [0.2, 0.25) is 0 Å². The van der Waals surface area contributed by atoms with Crippen molar-refractivity contribution in [2.45, 2.75) is 24.9 Å². The van der Waals surface area contributed by atoms with E-state index in [-0.39, 0.29) is 24.2 Å². The Hall–Kier alpha value is -2.76. The fourth-order valence-electron chi connectivity index (χ4n) is 2.83. The monoisotopic (exact) mass is 337 g/mol. The zero-order valence-corrected chi connectivity index (χ0v) is 12.5. The Bertz CT molecular complexity index is 786. The second kappa shape index (κ2) is 6.03. The van der Waals surface area contributed by atoms with E-state index in [4.69, 9.17) is 5.26 Å². The van der Waals surface area contributed by atoms with Crippen molar-refractivity contribution >= 4 is 5.91 Å². The lowest BCUT2D eigenvalue weighted by molar-refractivity contribution is -0.141. The highest BCUT2D eigenvalue weighted by Gasteiger charge is 2.35. The summed E-state index contributed by atoms with van der Waals surface area (Å²) < 4.78 is 38.0. The van der Waals surface area contributed by atoms with Gasteiger partial charge in [-0.05, 0) is 18.9 Å². The van der Waals surface area contributed by atoms with E-state index >= 15 is 0 Å². The summed E-state index contributed by atoms with van der Waals surface area (Å²) in [5.41, 5.74) is -0.237. The maximum absolute atomic E-state index is 12.7. The second-order valence-corrected chi connectivity index (χ2v) is 5.68. The molecule has 1 aliphatic heterocycles. The quantitative estimate of drug-likeness (QED) is 0.883. The molecule has 2 aromatic heterocycles. The van der Waals surface area contributed by atoms with Gasteiger partial charge in [0.15, 0.2) is 0 Å². The maximum Gasteiger partial charge on any atom is 0.432 e. The van der Waals surface area contributed by atoms with Crippen molar-refractivity contribution < 1.29 is 18.0 Å². The van der Waals surface area contributed by atoms with Crippen LogP contribution in [0, 0.1) is 11.3 Å². The Balaban J connectivity index is 1.73. The van der Waals surface area contributed by atoms with Crippen LogP contribution in [0.5, 0.6) is 0 Å². The first-order valence-corrected chi connectivity index (χ1v) is 7.38. The molecule has 0 saturated carbocycles. The van der Waals surface area contributed by atoms with Crippen LogP contribution in [0.15, 0.2) is 18.5 Å². The third-order valence-electron chi connectivity index (χ3n) is 4.04. The number of rotatable bonds is 2. The Morgan fingerprint density at radius 3 is 2.88 bits per heavy atom. The summed E-state index contributed by atoms with van der Waals surface area (Å²) in [4.78, 5) is 22.9. The van der Waals surface area contributed by atoms with Gasteiger partial charge < -0.3 is 14.9 Å². The van der Waals surface area contributed by atoms with E-state index in [0.29, 0.717) is 30.6 Å². The fourth-order valence-corrected chi connectivity index (χ4v) is 2.83. The predicted molar refractivity (Wildman–Crippen MR) is 77.0 cm³/mol. The van der Waals surface area contributed by atoms with Crippen molar-refractivity contribution in [3.63, 3.8) is 0 Å².